The van der Waals surface area contributed by atoms with Gasteiger partial charge < -0.3 is 10.1 Å². The lowest BCUT2D eigenvalue weighted by atomic mass is 10.1. The van der Waals surface area contributed by atoms with E-state index in [2.05, 4.69) is 23.9 Å². The summed E-state index contributed by atoms with van der Waals surface area (Å²) in [5.41, 5.74) is 0.946. The van der Waals surface area contributed by atoms with Gasteiger partial charge in [0.2, 0.25) is 0 Å². The number of hydrogen-bond donors (Lipinski definition) is 1. The van der Waals surface area contributed by atoms with Gasteiger partial charge in [0.05, 0.1) is 5.71 Å². The van der Waals surface area contributed by atoms with E-state index in [9.17, 15) is 0 Å². The zero-order valence-electron chi connectivity index (χ0n) is 7.25. The van der Waals surface area contributed by atoms with Gasteiger partial charge in [-0.15, -0.1) is 0 Å². The Morgan fingerprint density at radius 2 is 1.91 bits per heavy atom. The molecular weight excluding hydrogens is 140 g/mol. The summed E-state index contributed by atoms with van der Waals surface area (Å²) in [7, 11) is 0. The van der Waals surface area contributed by atoms with Crippen LogP contribution in [0.1, 0.15) is 26.7 Å². The number of nitrogens with zero attached hydrogens (tertiary/aromatic N) is 2. The largest absolute Gasteiger partial charge is 0.411 e. The quantitative estimate of drug-likeness (QED) is 0.459. The van der Waals surface area contributed by atoms with Gasteiger partial charge in [0.25, 0.3) is 0 Å². The average molecular weight is 156 g/mol. The summed E-state index contributed by atoms with van der Waals surface area (Å²) in [6, 6.07) is 0.621. The second-order valence-corrected chi connectivity index (χ2v) is 3.30. The number of likely N-dealkylation sites (tertiary alicyclic amines) is 1. The summed E-state index contributed by atoms with van der Waals surface area (Å²) in [5.74, 6) is 0. The maximum absolute atomic E-state index is 8.49. The fourth-order valence-corrected chi connectivity index (χ4v) is 1.40. The van der Waals surface area contributed by atoms with Crippen LogP contribution in [-0.2, 0) is 0 Å². The van der Waals surface area contributed by atoms with Crippen molar-refractivity contribution >= 4 is 5.71 Å². The number of oxime groups is 1. The Morgan fingerprint density at radius 3 is 2.27 bits per heavy atom. The fourth-order valence-electron chi connectivity index (χ4n) is 1.40. The smallest absolute Gasteiger partial charge is 0.0596 e. The van der Waals surface area contributed by atoms with Crippen LogP contribution in [0.5, 0.6) is 0 Å². The van der Waals surface area contributed by atoms with E-state index >= 15 is 0 Å². The van der Waals surface area contributed by atoms with Crippen LogP contribution in [-0.4, -0.2) is 35.0 Å². The van der Waals surface area contributed by atoms with Crippen LogP contribution in [0.15, 0.2) is 5.16 Å². The molecule has 1 N–H and O–H groups in total. The van der Waals surface area contributed by atoms with Crippen LogP contribution >= 0.6 is 0 Å². The van der Waals surface area contributed by atoms with Gasteiger partial charge in [-0.05, 0) is 13.8 Å². The first-order chi connectivity index (χ1) is 5.24. The molecule has 0 aromatic heterocycles. The standard InChI is InChI=1S/C8H16N2O/c1-7(2)10-5-3-8(9-11)4-6-10/h7,11H,3-6H2,1-2H3. The second-order valence-electron chi connectivity index (χ2n) is 3.30. The van der Waals surface area contributed by atoms with Gasteiger partial charge in [0.1, 0.15) is 0 Å². The maximum Gasteiger partial charge on any atom is 0.0596 e. The van der Waals surface area contributed by atoms with E-state index in [1.54, 1.807) is 0 Å². The molecule has 1 heterocycles. The van der Waals surface area contributed by atoms with Crippen molar-refractivity contribution in [3.8, 4) is 0 Å². The molecule has 3 nitrogen and oxygen atoms in total. The molecule has 0 radical (unpaired) electrons. The van der Waals surface area contributed by atoms with Crippen LogP contribution in [0.3, 0.4) is 0 Å². The molecule has 0 aromatic rings. The molecule has 0 spiro atoms. The molecule has 0 amide bonds. The van der Waals surface area contributed by atoms with E-state index in [4.69, 9.17) is 5.21 Å². The van der Waals surface area contributed by atoms with Crippen LogP contribution in [0, 0.1) is 0 Å². The van der Waals surface area contributed by atoms with Gasteiger partial charge in [-0.2, -0.15) is 0 Å². The van der Waals surface area contributed by atoms with Crippen molar-refractivity contribution in [1.29, 1.82) is 0 Å². The molecule has 1 fully saturated rings. The molecule has 0 saturated carbocycles. The van der Waals surface area contributed by atoms with Crippen LogP contribution in [0.4, 0.5) is 0 Å². The predicted molar refractivity (Wildman–Crippen MR) is 45.2 cm³/mol. The first kappa shape index (κ1) is 8.53. The molecule has 1 aliphatic heterocycles. The summed E-state index contributed by atoms with van der Waals surface area (Å²) in [6.07, 6.45) is 1.85. The Balaban J connectivity index is 2.36. The Labute approximate surface area is 67.7 Å². The summed E-state index contributed by atoms with van der Waals surface area (Å²) >= 11 is 0. The highest BCUT2D eigenvalue weighted by Gasteiger charge is 2.16. The monoisotopic (exact) mass is 156 g/mol. The highest BCUT2D eigenvalue weighted by atomic mass is 16.4. The number of rotatable bonds is 1. The topological polar surface area (TPSA) is 35.8 Å². The van der Waals surface area contributed by atoms with Crippen molar-refractivity contribution in [1.82, 2.24) is 4.90 Å². The van der Waals surface area contributed by atoms with Gasteiger partial charge in [-0.25, -0.2) is 0 Å². The third-order valence-electron chi connectivity index (χ3n) is 2.25. The van der Waals surface area contributed by atoms with E-state index < -0.39 is 0 Å². The van der Waals surface area contributed by atoms with Crippen molar-refractivity contribution in [2.24, 2.45) is 5.16 Å². The molecule has 1 aliphatic rings. The predicted octanol–water partition coefficient (Wildman–Crippen LogP) is 1.32. The van der Waals surface area contributed by atoms with Gasteiger partial charge in [-0.3, -0.25) is 0 Å². The molecule has 64 valence electrons. The van der Waals surface area contributed by atoms with Crippen molar-refractivity contribution in [3.05, 3.63) is 0 Å². The average Bonchev–Trinajstić information content (AvgIpc) is 2.05. The lowest BCUT2D eigenvalue weighted by Gasteiger charge is -2.30. The van der Waals surface area contributed by atoms with Crippen molar-refractivity contribution in [2.45, 2.75) is 32.7 Å². The normalized spacial score (nSPS) is 20.8. The molecule has 0 bridgehead atoms. The van der Waals surface area contributed by atoms with E-state index in [0.29, 0.717) is 6.04 Å². The Hall–Kier alpha value is -0.570. The van der Waals surface area contributed by atoms with E-state index in [1.165, 1.54) is 0 Å². The minimum Gasteiger partial charge on any atom is -0.411 e. The summed E-state index contributed by atoms with van der Waals surface area (Å²) in [5, 5.41) is 11.7. The zero-order chi connectivity index (χ0) is 8.27. The molecule has 1 saturated heterocycles. The van der Waals surface area contributed by atoms with Crippen molar-refractivity contribution in [3.63, 3.8) is 0 Å². The van der Waals surface area contributed by atoms with Gasteiger partial charge >= 0.3 is 0 Å². The first-order valence-corrected chi connectivity index (χ1v) is 4.18. The third kappa shape index (κ3) is 2.19. The lowest BCUT2D eigenvalue weighted by molar-refractivity contribution is 0.217. The molecule has 11 heavy (non-hydrogen) atoms. The number of piperidine rings is 1. The van der Waals surface area contributed by atoms with Crippen LogP contribution < -0.4 is 0 Å². The number of hydrogen-bond acceptors (Lipinski definition) is 3. The van der Waals surface area contributed by atoms with E-state index in [1.807, 2.05) is 0 Å². The Kier molecular flexibility index (Phi) is 2.88. The Morgan fingerprint density at radius 1 is 1.36 bits per heavy atom. The summed E-state index contributed by atoms with van der Waals surface area (Å²) in [4.78, 5) is 2.40. The molecule has 0 atom stereocenters. The van der Waals surface area contributed by atoms with Crippen LogP contribution in [0.2, 0.25) is 0 Å². The molecule has 3 heteroatoms. The highest BCUT2D eigenvalue weighted by Crippen LogP contribution is 2.09. The molecule has 0 aromatic carbocycles. The molecule has 0 unspecified atom stereocenters. The summed E-state index contributed by atoms with van der Waals surface area (Å²) in [6.45, 7) is 6.47. The molecule has 1 rings (SSSR count). The van der Waals surface area contributed by atoms with Gasteiger partial charge in [0.15, 0.2) is 0 Å². The van der Waals surface area contributed by atoms with E-state index in [0.717, 1.165) is 31.6 Å². The Bertz CT molecular complexity index is 144. The second kappa shape index (κ2) is 3.72. The summed E-state index contributed by atoms with van der Waals surface area (Å²) < 4.78 is 0. The first-order valence-electron chi connectivity index (χ1n) is 4.18. The van der Waals surface area contributed by atoms with Crippen molar-refractivity contribution in [2.75, 3.05) is 13.1 Å². The zero-order valence-corrected chi connectivity index (χ0v) is 7.25. The third-order valence-corrected chi connectivity index (χ3v) is 2.25. The molecule has 0 aliphatic carbocycles. The fraction of sp³-hybridized carbons (Fsp3) is 0.875. The maximum atomic E-state index is 8.49. The van der Waals surface area contributed by atoms with Crippen molar-refractivity contribution < 1.29 is 5.21 Å². The minimum atomic E-state index is 0.621. The SMILES string of the molecule is CC(C)N1CCC(=NO)CC1. The van der Waals surface area contributed by atoms with Crippen LogP contribution in [0.25, 0.3) is 0 Å². The highest BCUT2D eigenvalue weighted by molar-refractivity contribution is 5.84. The minimum absolute atomic E-state index is 0.621. The van der Waals surface area contributed by atoms with Gasteiger partial charge in [0, 0.05) is 32.0 Å². The van der Waals surface area contributed by atoms with Gasteiger partial charge in [-0.1, -0.05) is 5.16 Å². The van der Waals surface area contributed by atoms with E-state index in [-0.39, 0.29) is 0 Å². The lowest BCUT2D eigenvalue weighted by Crippen LogP contribution is -2.38. The molecular formula is C8H16N2O.